The topological polar surface area (TPSA) is 93.1 Å². The second-order valence-electron chi connectivity index (χ2n) is 11.0. The number of nitrogens with zero attached hydrogens (tertiary/aromatic N) is 2. The number of nitrogens with one attached hydrogen (secondary N) is 2. The van der Waals surface area contributed by atoms with E-state index < -0.39 is 0 Å². The Labute approximate surface area is 272 Å². The molecule has 1 aliphatic carbocycles. The fourth-order valence-electron chi connectivity index (χ4n) is 5.91. The first-order valence-electron chi connectivity index (χ1n) is 14.9. The molecule has 226 valence electrons. The molecular formula is C35H30N4O3S3. The molecule has 0 bridgehead atoms. The van der Waals surface area contributed by atoms with Crippen LogP contribution in [0, 0.1) is 0 Å². The van der Waals surface area contributed by atoms with Gasteiger partial charge in [-0.3, -0.25) is 19.0 Å². The van der Waals surface area contributed by atoms with Crippen LogP contribution in [0.25, 0.3) is 31.9 Å². The van der Waals surface area contributed by atoms with Gasteiger partial charge in [0.1, 0.15) is 0 Å². The molecule has 4 aromatic carbocycles. The zero-order valence-electron chi connectivity index (χ0n) is 24.4. The summed E-state index contributed by atoms with van der Waals surface area (Å²) in [5.74, 6) is 0.393. The standard InChI is InChI=1S/C35H30N4O3S3/c40-32(36-24-14-13-22-7-1-2-8-23(22)17-24)19-43-20-33(41)37-25-15-16-28-31(18-25)45-35(38-28)44-21-34(42)39-29-11-5-3-9-26(29)27-10-4-6-12-30(27)39/h1-3,5,7-9,11,13-18H,4,6,10,12,19-21H2,(H,36,40)(H,37,41). The molecule has 1 aliphatic rings. The lowest BCUT2D eigenvalue weighted by Gasteiger charge is -2.14. The Hall–Kier alpha value is -4.12. The molecule has 2 heterocycles. The van der Waals surface area contributed by atoms with E-state index in [0.29, 0.717) is 11.4 Å². The molecule has 2 amide bonds. The summed E-state index contributed by atoms with van der Waals surface area (Å²) in [6.45, 7) is 0. The van der Waals surface area contributed by atoms with Crippen molar-refractivity contribution in [2.45, 2.75) is 30.0 Å². The third-order valence-corrected chi connectivity index (χ3v) is 11.0. The van der Waals surface area contributed by atoms with Gasteiger partial charge in [-0.2, -0.15) is 0 Å². The highest BCUT2D eigenvalue weighted by Crippen LogP contribution is 2.34. The first kappa shape index (κ1) is 29.6. The van der Waals surface area contributed by atoms with Crippen LogP contribution in [0.1, 0.15) is 28.9 Å². The van der Waals surface area contributed by atoms with Crippen molar-refractivity contribution in [3.8, 4) is 0 Å². The molecule has 0 saturated heterocycles. The highest BCUT2D eigenvalue weighted by molar-refractivity contribution is 8.01. The molecule has 6 aromatic rings. The predicted molar refractivity (Wildman–Crippen MR) is 188 cm³/mol. The maximum absolute atomic E-state index is 13.5. The van der Waals surface area contributed by atoms with Crippen LogP contribution in [-0.4, -0.2) is 44.5 Å². The maximum Gasteiger partial charge on any atom is 0.241 e. The van der Waals surface area contributed by atoms with Crippen LogP contribution in [0.2, 0.25) is 0 Å². The van der Waals surface area contributed by atoms with Crippen molar-refractivity contribution in [2.24, 2.45) is 0 Å². The van der Waals surface area contributed by atoms with E-state index in [1.54, 1.807) is 0 Å². The number of aryl methyl sites for hydroxylation is 1. The number of carbonyl (C=O) groups is 3. The second-order valence-corrected chi connectivity index (χ2v) is 14.2. The molecule has 0 saturated carbocycles. The Bertz CT molecular complexity index is 2080. The minimum atomic E-state index is -0.176. The lowest BCUT2D eigenvalue weighted by atomic mass is 9.96. The van der Waals surface area contributed by atoms with Crippen molar-refractivity contribution in [2.75, 3.05) is 27.9 Å². The fraction of sp³-hybridized carbons (Fsp3) is 0.200. The Morgan fingerprint density at radius 3 is 2.33 bits per heavy atom. The summed E-state index contributed by atoms with van der Waals surface area (Å²) >= 11 is 4.23. The van der Waals surface area contributed by atoms with E-state index in [1.165, 1.54) is 57.9 Å². The summed E-state index contributed by atoms with van der Waals surface area (Å²) in [5.41, 5.74) is 5.74. The van der Waals surface area contributed by atoms with Gasteiger partial charge in [0, 0.05) is 22.5 Å². The summed E-state index contributed by atoms with van der Waals surface area (Å²) < 4.78 is 3.69. The molecule has 7 nitrogen and oxygen atoms in total. The van der Waals surface area contributed by atoms with E-state index >= 15 is 0 Å². The minimum absolute atomic E-state index is 0.0787. The molecule has 10 heteroatoms. The molecule has 0 spiro atoms. The second kappa shape index (κ2) is 13.1. The number of carbonyl (C=O) groups excluding carboxylic acids is 3. The number of hydrogen-bond acceptors (Lipinski definition) is 7. The molecular weight excluding hydrogens is 621 g/mol. The first-order chi connectivity index (χ1) is 22.0. The molecule has 0 unspecified atom stereocenters. The number of benzene rings is 4. The predicted octanol–water partition coefficient (Wildman–Crippen LogP) is 8.03. The van der Waals surface area contributed by atoms with E-state index in [2.05, 4.69) is 16.7 Å². The van der Waals surface area contributed by atoms with Crippen molar-refractivity contribution >= 4 is 95.8 Å². The van der Waals surface area contributed by atoms with Crippen LogP contribution in [0.4, 0.5) is 11.4 Å². The lowest BCUT2D eigenvalue weighted by Crippen LogP contribution is -2.18. The summed E-state index contributed by atoms with van der Waals surface area (Å²) in [5, 5.41) is 9.20. The van der Waals surface area contributed by atoms with Crippen molar-refractivity contribution in [3.63, 3.8) is 0 Å². The summed E-state index contributed by atoms with van der Waals surface area (Å²) in [4.78, 5) is 43.2. The molecule has 0 radical (unpaired) electrons. The average Bonchev–Trinajstić information content (AvgIpc) is 3.62. The average molecular weight is 651 g/mol. The smallest absolute Gasteiger partial charge is 0.241 e. The van der Waals surface area contributed by atoms with Gasteiger partial charge in [-0.15, -0.1) is 23.1 Å². The normalized spacial score (nSPS) is 12.8. The van der Waals surface area contributed by atoms with E-state index in [0.717, 1.165) is 55.8 Å². The zero-order valence-corrected chi connectivity index (χ0v) is 26.8. The number of rotatable bonds is 9. The minimum Gasteiger partial charge on any atom is -0.325 e. The largest absolute Gasteiger partial charge is 0.325 e. The Morgan fingerprint density at radius 2 is 1.49 bits per heavy atom. The van der Waals surface area contributed by atoms with Gasteiger partial charge in [0.25, 0.3) is 0 Å². The van der Waals surface area contributed by atoms with Crippen LogP contribution in [0.15, 0.2) is 89.3 Å². The first-order valence-corrected chi connectivity index (χ1v) is 17.8. The highest BCUT2D eigenvalue weighted by Gasteiger charge is 2.23. The number of para-hydroxylation sites is 1. The third kappa shape index (κ3) is 6.49. The van der Waals surface area contributed by atoms with Crippen LogP contribution in [-0.2, 0) is 22.4 Å². The van der Waals surface area contributed by atoms with Gasteiger partial charge in [0.05, 0.1) is 33.0 Å². The Balaban J connectivity index is 0.923. The number of fused-ring (bicyclic) bond motifs is 5. The SMILES string of the molecule is O=C(CSCC(=O)Nc1ccc2nc(SCC(=O)n3c4c(c5ccccc53)CCCC4)sc2c1)Nc1ccc2ccccc2c1. The third-order valence-electron chi connectivity index (χ3n) is 7.90. The van der Waals surface area contributed by atoms with Gasteiger partial charge in [0.15, 0.2) is 4.34 Å². The maximum atomic E-state index is 13.5. The highest BCUT2D eigenvalue weighted by atomic mass is 32.2. The quantitative estimate of drug-likeness (QED) is 0.154. The number of amides is 2. The molecule has 45 heavy (non-hydrogen) atoms. The van der Waals surface area contributed by atoms with Crippen LogP contribution in [0.3, 0.4) is 0 Å². The monoisotopic (exact) mass is 650 g/mol. The number of aromatic nitrogens is 2. The van der Waals surface area contributed by atoms with Crippen molar-refractivity contribution < 1.29 is 14.4 Å². The van der Waals surface area contributed by atoms with Crippen LogP contribution < -0.4 is 10.6 Å². The molecule has 0 aliphatic heterocycles. The molecule has 7 rings (SSSR count). The van der Waals surface area contributed by atoms with Gasteiger partial charge >= 0.3 is 0 Å². The molecule has 2 N–H and O–H groups in total. The Morgan fingerprint density at radius 1 is 0.778 bits per heavy atom. The van der Waals surface area contributed by atoms with Crippen molar-refractivity contribution in [3.05, 3.63) is 96.2 Å². The van der Waals surface area contributed by atoms with Gasteiger partial charge in [-0.1, -0.05) is 60.3 Å². The van der Waals surface area contributed by atoms with Crippen LogP contribution >= 0.6 is 34.9 Å². The summed E-state index contributed by atoms with van der Waals surface area (Å²) in [6.07, 6.45) is 4.24. The summed E-state index contributed by atoms with van der Waals surface area (Å²) in [6, 6.07) is 27.6. The van der Waals surface area contributed by atoms with Crippen LogP contribution in [0.5, 0.6) is 0 Å². The number of thiazole rings is 1. The van der Waals surface area contributed by atoms with E-state index in [9.17, 15) is 14.4 Å². The van der Waals surface area contributed by atoms with Gasteiger partial charge in [-0.05, 0) is 78.4 Å². The zero-order chi connectivity index (χ0) is 30.8. The number of hydrogen-bond donors (Lipinski definition) is 2. The Kier molecular flexibility index (Phi) is 8.60. The summed E-state index contributed by atoms with van der Waals surface area (Å²) in [7, 11) is 0. The lowest BCUT2D eigenvalue weighted by molar-refractivity contribution is -0.114. The van der Waals surface area contributed by atoms with Crippen molar-refractivity contribution in [1.29, 1.82) is 0 Å². The van der Waals surface area contributed by atoms with Gasteiger partial charge in [-0.25, -0.2) is 4.98 Å². The molecule has 0 fully saturated rings. The number of thioether (sulfide) groups is 2. The fourth-order valence-corrected chi connectivity index (χ4v) is 8.48. The van der Waals surface area contributed by atoms with E-state index in [1.807, 2.05) is 83.4 Å². The molecule has 0 atom stereocenters. The van der Waals surface area contributed by atoms with E-state index in [4.69, 9.17) is 4.98 Å². The van der Waals surface area contributed by atoms with E-state index in [-0.39, 0.29) is 29.2 Å². The van der Waals surface area contributed by atoms with Gasteiger partial charge < -0.3 is 10.6 Å². The molecule has 2 aromatic heterocycles. The van der Waals surface area contributed by atoms with Crippen molar-refractivity contribution in [1.82, 2.24) is 9.55 Å². The van der Waals surface area contributed by atoms with Gasteiger partial charge in [0.2, 0.25) is 17.7 Å². The number of anilines is 2.